The molecule has 0 spiro atoms. The van der Waals surface area contributed by atoms with Gasteiger partial charge < -0.3 is 5.11 Å². The molecule has 0 aliphatic rings. The number of aliphatic carboxylic acids is 1. The summed E-state index contributed by atoms with van der Waals surface area (Å²) in [5.41, 5.74) is 1.47. The maximum atomic E-state index is 10.4. The van der Waals surface area contributed by atoms with Crippen LogP contribution in [0.2, 0.25) is 19.6 Å². The molecule has 0 unspecified atom stereocenters. The van der Waals surface area contributed by atoms with Gasteiger partial charge in [0.1, 0.15) is 0 Å². The zero-order valence-corrected chi connectivity index (χ0v) is 16.2. The lowest BCUT2D eigenvalue weighted by atomic mass is 10.0. The number of carboxylic acids is 1. The van der Waals surface area contributed by atoms with Crippen LogP contribution in [0.1, 0.15) is 63.4 Å². The summed E-state index contributed by atoms with van der Waals surface area (Å²) in [7, 11) is -1.16. The molecular weight excluding hydrogens is 300 g/mol. The molecule has 130 valence electrons. The van der Waals surface area contributed by atoms with Crippen LogP contribution in [-0.4, -0.2) is 19.1 Å². The van der Waals surface area contributed by atoms with Gasteiger partial charge in [-0.2, -0.15) is 0 Å². The quantitative estimate of drug-likeness (QED) is 0.412. The van der Waals surface area contributed by atoms with Gasteiger partial charge in [-0.25, -0.2) is 0 Å². The van der Waals surface area contributed by atoms with Crippen LogP contribution in [0.5, 0.6) is 0 Å². The fraction of sp³-hybridized carbons (Fsp3) is 0.650. The maximum Gasteiger partial charge on any atom is 0.303 e. The number of aryl methyl sites for hydroxylation is 1. The first-order chi connectivity index (χ1) is 10.9. The minimum Gasteiger partial charge on any atom is -0.481 e. The minimum absolute atomic E-state index is 0.330. The Morgan fingerprint density at radius 1 is 0.826 bits per heavy atom. The van der Waals surface area contributed by atoms with E-state index in [2.05, 4.69) is 43.9 Å². The number of rotatable bonds is 12. The average molecular weight is 335 g/mol. The van der Waals surface area contributed by atoms with Crippen molar-refractivity contribution in [3.8, 4) is 0 Å². The number of carbonyl (C=O) groups is 1. The normalized spacial score (nSPS) is 11.6. The Bertz CT molecular complexity index is 446. The van der Waals surface area contributed by atoms with Crippen molar-refractivity contribution in [3.63, 3.8) is 0 Å². The van der Waals surface area contributed by atoms with Crippen LogP contribution in [-0.2, 0) is 11.2 Å². The van der Waals surface area contributed by atoms with Gasteiger partial charge in [0.25, 0.3) is 0 Å². The van der Waals surface area contributed by atoms with E-state index >= 15 is 0 Å². The zero-order chi connectivity index (χ0) is 17.1. The number of benzene rings is 1. The molecule has 0 heterocycles. The van der Waals surface area contributed by atoms with Gasteiger partial charge in [-0.05, 0) is 24.8 Å². The Labute approximate surface area is 143 Å². The molecule has 1 aromatic carbocycles. The van der Waals surface area contributed by atoms with E-state index in [4.69, 9.17) is 5.11 Å². The predicted molar refractivity (Wildman–Crippen MR) is 102 cm³/mol. The first-order valence-electron chi connectivity index (χ1n) is 9.21. The number of carboxylic acid groups (broad SMARTS) is 1. The van der Waals surface area contributed by atoms with E-state index in [0.29, 0.717) is 6.42 Å². The lowest BCUT2D eigenvalue weighted by Crippen LogP contribution is -2.37. The summed E-state index contributed by atoms with van der Waals surface area (Å²) in [6.07, 6.45) is 11.1. The summed E-state index contributed by atoms with van der Waals surface area (Å²) in [6.45, 7) is 7.18. The number of hydrogen-bond donors (Lipinski definition) is 1. The summed E-state index contributed by atoms with van der Waals surface area (Å²) in [4.78, 5) is 10.4. The molecule has 3 heteroatoms. The predicted octanol–water partition coefficient (Wildman–Crippen LogP) is 5.37. The molecule has 23 heavy (non-hydrogen) atoms. The molecule has 0 fully saturated rings. The Hall–Kier alpha value is -1.09. The Balaban J connectivity index is 2.02. The van der Waals surface area contributed by atoms with Crippen LogP contribution in [0.4, 0.5) is 0 Å². The Morgan fingerprint density at radius 2 is 1.30 bits per heavy atom. The van der Waals surface area contributed by atoms with Gasteiger partial charge in [0, 0.05) is 6.42 Å². The SMILES string of the molecule is C[Si](C)(C)c1ccc(CCCCCCCCCCC(=O)O)cc1. The standard InChI is InChI=1S/C20H34O2Si/c1-23(2,3)19-16-14-18(15-17-19)12-10-8-6-4-5-7-9-11-13-20(21)22/h14-17H,4-13H2,1-3H3,(H,21,22). The number of unbranched alkanes of at least 4 members (excludes halogenated alkanes) is 7. The van der Waals surface area contributed by atoms with Crippen molar-refractivity contribution in [2.75, 3.05) is 0 Å². The molecule has 0 aliphatic carbocycles. The molecule has 2 nitrogen and oxygen atoms in total. The summed E-state index contributed by atoms with van der Waals surface area (Å²) in [5.74, 6) is -0.664. The van der Waals surface area contributed by atoms with Crippen LogP contribution < -0.4 is 5.19 Å². The molecule has 1 aromatic rings. The molecule has 0 aliphatic heterocycles. The van der Waals surface area contributed by atoms with E-state index < -0.39 is 14.0 Å². The molecule has 0 saturated carbocycles. The first-order valence-corrected chi connectivity index (χ1v) is 12.7. The van der Waals surface area contributed by atoms with Crippen LogP contribution in [0.3, 0.4) is 0 Å². The van der Waals surface area contributed by atoms with Crippen molar-refractivity contribution < 1.29 is 9.90 Å². The van der Waals surface area contributed by atoms with E-state index in [1.54, 1.807) is 5.19 Å². The van der Waals surface area contributed by atoms with Crippen LogP contribution in [0, 0.1) is 0 Å². The highest BCUT2D eigenvalue weighted by Crippen LogP contribution is 2.12. The van der Waals surface area contributed by atoms with E-state index in [0.717, 1.165) is 12.8 Å². The molecule has 0 radical (unpaired) electrons. The number of hydrogen-bond acceptors (Lipinski definition) is 1. The lowest BCUT2D eigenvalue weighted by Gasteiger charge is -2.16. The molecule has 1 N–H and O–H groups in total. The van der Waals surface area contributed by atoms with E-state index in [1.807, 2.05) is 0 Å². The minimum atomic E-state index is -1.16. The van der Waals surface area contributed by atoms with Crippen LogP contribution >= 0.6 is 0 Å². The van der Waals surface area contributed by atoms with Crippen molar-refractivity contribution in [1.82, 2.24) is 0 Å². The fourth-order valence-corrected chi connectivity index (χ4v) is 4.00. The summed E-state index contributed by atoms with van der Waals surface area (Å²) < 4.78 is 0. The second-order valence-corrected chi connectivity index (χ2v) is 12.7. The van der Waals surface area contributed by atoms with E-state index in [-0.39, 0.29) is 0 Å². The zero-order valence-electron chi connectivity index (χ0n) is 15.2. The second-order valence-electron chi connectivity index (χ2n) is 7.67. The third kappa shape index (κ3) is 9.60. The van der Waals surface area contributed by atoms with Crippen LogP contribution in [0.15, 0.2) is 24.3 Å². The van der Waals surface area contributed by atoms with Gasteiger partial charge in [0.2, 0.25) is 0 Å². The topological polar surface area (TPSA) is 37.3 Å². The highest BCUT2D eigenvalue weighted by Gasteiger charge is 2.15. The Kier molecular flexibility index (Phi) is 9.23. The monoisotopic (exact) mass is 334 g/mol. The van der Waals surface area contributed by atoms with Gasteiger partial charge >= 0.3 is 5.97 Å². The van der Waals surface area contributed by atoms with Gasteiger partial charge in [-0.3, -0.25) is 4.79 Å². The average Bonchev–Trinajstić information content (AvgIpc) is 2.48. The van der Waals surface area contributed by atoms with Crippen molar-refractivity contribution in [1.29, 1.82) is 0 Å². The molecule has 0 aromatic heterocycles. The molecular formula is C20H34O2Si. The van der Waals surface area contributed by atoms with E-state index in [1.165, 1.54) is 50.5 Å². The molecule has 0 amide bonds. The van der Waals surface area contributed by atoms with Crippen molar-refractivity contribution in [2.45, 2.75) is 83.8 Å². The molecule has 0 bridgehead atoms. The third-order valence-corrected chi connectivity index (χ3v) is 6.49. The fourth-order valence-electron chi connectivity index (χ4n) is 2.84. The van der Waals surface area contributed by atoms with Crippen molar-refractivity contribution in [2.24, 2.45) is 0 Å². The van der Waals surface area contributed by atoms with Crippen molar-refractivity contribution >= 4 is 19.2 Å². The first kappa shape index (κ1) is 20.0. The summed E-state index contributed by atoms with van der Waals surface area (Å²) in [5, 5.41) is 10.1. The van der Waals surface area contributed by atoms with Gasteiger partial charge in [-0.15, -0.1) is 0 Å². The third-order valence-electron chi connectivity index (χ3n) is 4.43. The van der Waals surface area contributed by atoms with Gasteiger partial charge in [-0.1, -0.05) is 87.6 Å². The Morgan fingerprint density at radius 3 is 1.78 bits per heavy atom. The van der Waals surface area contributed by atoms with Gasteiger partial charge in [0.05, 0.1) is 8.07 Å². The summed E-state index contributed by atoms with van der Waals surface area (Å²) in [6, 6.07) is 9.30. The smallest absolute Gasteiger partial charge is 0.303 e. The molecule has 1 rings (SSSR count). The van der Waals surface area contributed by atoms with Gasteiger partial charge in [0.15, 0.2) is 0 Å². The van der Waals surface area contributed by atoms with Crippen molar-refractivity contribution in [3.05, 3.63) is 29.8 Å². The highest BCUT2D eigenvalue weighted by molar-refractivity contribution is 6.88. The molecule has 0 atom stereocenters. The second kappa shape index (κ2) is 10.6. The van der Waals surface area contributed by atoms with E-state index in [9.17, 15) is 4.79 Å². The highest BCUT2D eigenvalue weighted by atomic mass is 28.3. The largest absolute Gasteiger partial charge is 0.481 e. The lowest BCUT2D eigenvalue weighted by molar-refractivity contribution is -0.137. The molecule has 0 saturated heterocycles. The summed E-state index contributed by atoms with van der Waals surface area (Å²) >= 11 is 0. The maximum absolute atomic E-state index is 10.4. The van der Waals surface area contributed by atoms with Crippen LogP contribution in [0.25, 0.3) is 0 Å².